The highest BCUT2D eigenvalue weighted by Crippen LogP contribution is 2.48. The number of rotatable bonds is 2. The molecule has 0 N–H and O–H groups in total. The highest BCUT2D eigenvalue weighted by Gasteiger charge is 2.24. The average Bonchev–Trinajstić information content (AvgIpc) is 3.65. The van der Waals surface area contributed by atoms with Gasteiger partial charge >= 0.3 is 0 Å². The summed E-state index contributed by atoms with van der Waals surface area (Å²) in [4.78, 5) is 10.7. The molecule has 0 saturated heterocycles. The summed E-state index contributed by atoms with van der Waals surface area (Å²) in [5.74, 6) is 0.712. The minimum atomic E-state index is 0.712. The van der Waals surface area contributed by atoms with E-state index >= 15 is 0 Å². The molecule has 0 aliphatic rings. The Kier molecular flexibility index (Phi) is 4.36. The fourth-order valence-corrected chi connectivity index (χ4v) is 8.43. The number of thiophene rings is 2. The first-order valence-corrected chi connectivity index (χ1v) is 14.6. The van der Waals surface area contributed by atoms with Gasteiger partial charge in [0.05, 0.1) is 31.6 Å². The van der Waals surface area contributed by atoms with Crippen LogP contribution in [-0.2, 0) is 0 Å². The van der Waals surface area contributed by atoms with Gasteiger partial charge in [-0.25, -0.2) is 9.97 Å². The van der Waals surface area contributed by atoms with E-state index in [0.29, 0.717) is 5.95 Å². The lowest BCUT2D eigenvalue weighted by molar-refractivity contribution is 1.02. The van der Waals surface area contributed by atoms with Gasteiger partial charge in [-0.15, -0.1) is 22.7 Å². The molecule has 0 aliphatic heterocycles. The summed E-state index contributed by atoms with van der Waals surface area (Å²) in [5.41, 5.74) is 5.39. The Bertz CT molecular complexity index is 2310. The number of fused-ring (bicyclic) bond motifs is 10. The molecule has 0 radical (unpaired) electrons. The van der Waals surface area contributed by atoms with Crippen molar-refractivity contribution < 1.29 is 0 Å². The molecule has 182 valence electrons. The lowest BCUT2D eigenvalue weighted by Crippen LogP contribution is -2.03. The fraction of sp³-hybridized carbons (Fsp3) is 0. The Morgan fingerprint density at radius 3 is 1.79 bits per heavy atom. The van der Waals surface area contributed by atoms with Crippen LogP contribution in [0.25, 0.3) is 79.5 Å². The van der Waals surface area contributed by atoms with Crippen molar-refractivity contribution in [1.29, 1.82) is 0 Å². The zero-order valence-electron chi connectivity index (χ0n) is 20.6. The molecule has 9 aromatic rings. The van der Waals surface area contributed by atoms with Gasteiger partial charge in [-0.1, -0.05) is 97.1 Å². The van der Waals surface area contributed by atoms with Crippen molar-refractivity contribution in [2.24, 2.45) is 0 Å². The van der Waals surface area contributed by atoms with Crippen LogP contribution in [0.3, 0.4) is 0 Å². The Hall–Kier alpha value is -4.58. The molecule has 0 spiro atoms. The molecule has 3 nitrogen and oxygen atoms in total. The number of hydrogen-bond donors (Lipinski definition) is 0. The highest BCUT2D eigenvalue weighted by atomic mass is 32.1. The van der Waals surface area contributed by atoms with E-state index in [1.165, 1.54) is 51.4 Å². The van der Waals surface area contributed by atoms with Crippen molar-refractivity contribution >= 4 is 85.0 Å². The first-order chi connectivity index (χ1) is 19.3. The van der Waals surface area contributed by atoms with Gasteiger partial charge in [0, 0.05) is 31.1 Å². The van der Waals surface area contributed by atoms with E-state index in [0.717, 1.165) is 22.2 Å². The summed E-state index contributed by atoms with van der Waals surface area (Å²) in [6.07, 6.45) is 0. The summed E-state index contributed by atoms with van der Waals surface area (Å²) in [7, 11) is 0. The topological polar surface area (TPSA) is 30.7 Å². The molecular formula is C34H19N3S2. The van der Waals surface area contributed by atoms with Crippen LogP contribution in [0.1, 0.15) is 0 Å². The second-order valence-corrected chi connectivity index (χ2v) is 11.9. The second kappa shape index (κ2) is 7.96. The van der Waals surface area contributed by atoms with E-state index in [2.05, 4.69) is 120 Å². The average molecular weight is 534 g/mol. The van der Waals surface area contributed by atoms with Crippen LogP contribution in [0.4, 0.5) is 0 Å². The van der Waals surface area contributed by atoms with Crippen LogP contribution in [0.15, 0.2) is 115 Å². The third kappa shape index (κ3) is 2.97. The largest absolute Gasteiger partial charge is 0.275 e. The first kappa shape index (κ1) is 21.4. The predicted molar refractivity (Wildman–Crippen MR) is 168 cm³/mol. The zero-order chi connectivity index (χ0) is 25.5. The maximum atomic E-state index is 5.40. The van der Waals surface area contributed by atoms with Gasteiger partial charge in [-0.3, -0.25) is 4.57 Å². The lowest BCUT2D eigenvalue weighted by Gasteiger charge is -2.13. The minimum Gasteiger partial charge on any atom is -0.275 e. The Morgan fingerprint density at radius 1 is 0.513 bits per heavy atom. The van der Waals surface area contributed by atoms with Crippen LogP contribution in [0, 0.1) is 0 Å². The molecule has 0 bridgehead atoms. The number of nitrogens with zero attached hydrogens (tertiary/aromatic N) is 3. The van der Waals surface area contributed by atoms with Crippen molar-refractivity contribution in [3.05, 3.63) is 115 Å². The van der Waals surface area contributed by atoms with Crippen LogP contribution < -0.4 is 0 Å². The molecule has 0 amide bonds. The van der Waals surface area contributed by atoms with Gasteiger partial charge < -0.3 is 0 Å². The van der Waals surface area contributed by atoms with Crippen molar-refractivity contribution in [1.82, 2.24) is 14.5 Å². The lowest BCUT2D eigenvalue weighted by atomic mass is 10.0. The van der Waals surface area contributed by atoms with Gasteiger partial charge in [-0.05, 0) is 29.0 Å². The van der Waals surface area contributed by atoms with Crippen molar-refractivity contribution in [2.45, 2.75) is 0 Å². The highest BCUT2D eigenvalue weighted by molar-refractivity contribution is 7.33. The van der Waals surface area contributed by atoms with E-state index in [4.69, 9.17) is 9.97 Å². The normalized spacial score (nSPS) is 12.1. The maximum Gasteiger partial charge on any atom is 0.235 e. The predicted octanol–water partition coefficient (Wildman–Crippen LogP) is 9.98. The molecule has 0 aliphatic carbocycles. The SMILES string of the molecule is c1ccc(-c2nc(-n3c4c5ccccc5sc4c4sc5ccccc5c43)nc3ccc4ccccc4c23)cc1. The molecule has 0 atom stereocenters. The third-order valence-corrected chi connectivity index (χ3v) is 10.1. The molecule has 0 fully saturated rings. The Morgan fingerprint density at radius 2 is 1.10 bits per heavy atom. The number of aromatic nitrogens is 3. The minimum absolute atomic E-state index is 0.712. The monoisotopic (exact) mass is 533 g/mol. The van der Waals surface area contributed by atoms with E-state index < -0.39 is 0 Å². The summed E-state index contributed by atoms with van der Waals surface area (Å²) in [6.45, 7) is 0. The summed E-state index contributed by atoms with van der Waals surface area (Å²) >= 11 is 3.72. The molecule has 4 heterocycles. The van der Waals surface area contributed by atoms with Crippen LogP contribution in [0.2, 0.25) is 0 Å². The van der Waals surface area contributed by atoms with E-state index in [1.54, 1.807) is 0 Å². The molecule has 39 heavy (non-hydrogen) atoms. The van der Waals surface area contributed by atoms with Gasteiger partial charge in [-0.2, -0.15) is 0 Å². The van der Waals surface area contributed by atoms with E-state index in [1.807, 2.05) is 22.7 Å². The summed E-state index contributed by atoms with van der Waals surface area (Å²) in [5, 5.41) is 5.94. The van der Waals surface area contributed by atoms with Crippen molar-refractivity contribution in [3.8, 4) is 17.2 Å². The van der Waals surface area contributed by atoms with Crippen molar-refractivity contribution in [3.63, 3.8) is 0 Å². The summed E-state index contributed by atoms with van der Waals surface area (Å²) in [6, 6.07) is 40.7. The molecular weight excluding hydrogens is 515 g/mol. The number of benzene rings is 5. The first-order valence-electron chi connectivity index (χ1n) is 12.9. The van der Waals surface area contributed by atoms with Crippen LogP contribution >= 0.6 is 22.7 Å². The molecule has 9 rings (SSSR count). The standard InChI is InChI=1S/C34H19N3S2/c1-2-11-21(12-3-1)29-28-22-13-5-4-10-20(22)18-19-25(28)35-34(36-29)37-30-23-14-6-8-16-26(23)38-32(30)33-31(37)24-15-7-9-17-27(24)39-33/h1-19H. The smallest absolute Gasteiger partial charge is 0.235 e. The third-order valence-electron chi connectivity index (χ3n) is 7.62. The molecule has 0 saturated carbocycles. The van der Waals surface area contributed by atoms with Crippen LogP contribution in [-0.4, -0.2) is 14.5 Å². The van der Waals surface area contributed by atoms with Crippen molar-refractivity contribution in [2.75, 3.05) is 0 Å². The van der Waals surface area contributed by atoms with E-state index in [-0.39, 0.29) is 0 Å². The van der Waals surface area contributed by atoms with Gasteiger partial charge in [0.1, 0.15) is 0 Å². The summed E-state index contributed by atoms with van der Waals surface area (Å²) < 4.78 is 7.49. The molecule has 5 heteroatoms. The second-order valence-electron chi connectivity index (χ2n) is 9.81. The fourth-order valence-electron chi connectivity index (χ4n) is 5.92. The van der Waals surface area contributed by atoms with Gasteiger partial charge in [0.15, 0.2) is 0 Å². The molecule has 5 aromatic carbocycles. The quantitative estimate of drug-likeness (QED) is 0.207. The van der Waals surface area contributed by atoms with Crippen LogP contribution in [0.5, 0.6) is 0 Å². The number of hydrogen-bond acceptors (Lipinski definition) is 4. The Labute approximate surface area is 231 Å². The van der Waals surface area contributed by atoms with Gasteiger partial charge in [0.2, 0.25) is 5.95 Å². The Balaban J connectivity index is 1.50. The molecule has 4 aromatic heterocycles. The maximum absolute atomic E-state index is 5.40. The zero-order valence-corrected chi connectivity index (χ0v) is 22.3. The molecule has 0 unspecified atom stereocenters. The van der Waals surface area contributed by atoms with E-state index in [9.17, 15) is 0 Å². The van der Waals surface area contributed by atoms with Gasteiger partial charge in [0.25, 0.3) is 0 Å².